The average Bonchev–Trinajstić information content (AvgIpc) is 2.55. The van der Waals surface area contributed by atoms with E-state index in [9.17, 15) is 4.79 Å². The molecule has 0 saturated heterocycles. The number of carbonyl (C=O) groups is 1. The van der Waals surface area contributed by atoms with Crippen LogP contribution in [0.3, 0.4) is 0 Å². The minimum Gasteiger partial charge on any atom is -0.491 e. The van der Waals surface area contributed by atoms with Gasteiger partial charge < -0.3 is 14.8 Å². The lowest BCUT2D eigenvalue weighted by Gasteiger charge is -2.16. The zero-order valence-electron chi connectivity index (χ0n) is 14.8. The molecule has 0 aliphatic rings. The van der Waals surface area contributed by atoms with Gasteiger partial charge >= 0.3 is 0 Å². The van der Waals surface area contributed by atoms with Crippen LogP contribution in [0.2, 0.25) is 0 Å². The third kappa shape index (κ3) is 5.61. The normalized spacial score (nSPS) is 11.7. The number of nitrogens with one attached hydrogen (secondary N) is 1. The summed E-state index contributed by atoms with van der Waals surface area (Å²) in [6.45, 7) is 8.31. The highest BCUT2D eigenvalue weighted by molar-refractivity contribution is 5.77. The fourth-order valence-electron chi connectivity index (χ4n) is 2.22. The van der Waals surface area contributed by atoms with E-state index in [1.807, 2.05) is 70.2 Å². The lowest BCUT2D eigenvalue weighted by Crippen LogP contribution is -2.39. The molecule has 0 aromatic heterocycles. The first-order valence-electron chi connectivity index (χ1n) is 8.13. The first-order chi connectivity index (χ1) is 11.4. The second-order valence-corrected chi connectivity index (χ2v) is 6.15. The summed E-state index contributed by atoms with van der Waals surface area (Å²) in [6, 6.07) is 13.7. The van der Waals surface area contributed by atoms with Crippen LogP contribution < -0.4 is 14.8 Å². The molecule has 4 nitrogen and oxygen atoms in total. The maximum Gasteiger partial charge on any atom is 0.258 e. The van der Waals surface area contributed by atoms with Crippen molar-refractivity contribution in [3.05, 3.63) is 59.2 Å². The van der Waals surface area contributed by atoms with Crippen LogP contribution in [0.15, 0.2) is 42.5 Å². The fourth-order valence-corrected chi connectivity index (χ4v) is 2.22. The zero-order chi connectivity index (χ0) is 17.5. The summed E-state index contributed by atoms with van der Waals surface area (Å²) in [5.41, 5.74) is 3.31. The van der Waals surface area contributed by atoms with Crippen LogP contribution in [0.25, 0.3) is 0 Å². The third-order valence-electron chi connectivity index (χ3n) is 3.63. The molecule has 1 atom stereocenters. The van der Waals surface area contributed by atoms with E-state index in [4.69, 9.17) is 9.47 Å². The molecule has 4 heteroatoms. The smallest absolute Gasteiger partial charge is 0.258 e. The molecular weight excluding hydrogens is 302 g/mol. The van der Waals surface area contributed by atoms with Crippen molar-refractivity contribution in [3.8, 4) is 11.5 Å². The van der Waals surface area contributed by atoms with Crippen LogP contribution in [-0.2, 0) is 4.79 Å². The lowest BCUT2D eigenvalue weighted by molar-refractivity contribution is -0.123. The van der Waals surface area contributed by atoms with Crippen molar-refractivity contribution in [2.75, 3.05) is 13.2 Å². The molecule has 128 valence electrons. The Morgan fingerprint density at radius 2 is 1.67 bits per heavy atom. The number of ether oxygens (including phenoxy) is 2. The van der Waals surface area contributed by atoms with E-state index in [1.54, 1.807) is 0 Å². The van der Waals surface area contributed by atoms with Gasteiger partial charge in [-0.25, -0.2) is 0 Å². The Bertz CT molecular complexity index is 680. The monoisotopic (exact) mass is 327 g/mol. The van der Waals surface area contributed by atoms with Crippen LogP contribution in [0, 0.1) is 20.8 Å². The molecule has 0 saturated carbocycles. The molecule has 2 rings (SSSR count). The summed E-state index contributed by atoms with van der Waals surface area (Å²) in [5.74, 6) is 1.39. The van der Waals surface area contributed by atoms with Crippen LogP contribution in [-0.4, -0.2) is 25.2 Å². The van der Waals surface area contributed by atoms with Gasteiger partial charge in [0.15, 0.2) is 6.61 Å². The van der Waals surface area contributed by atoms with Crippen LogP contribution in [0.5, 0.6) is 11.5 Å². The predicted octanol–water partition coefficient (Wildman–Crippen LogP) is 3.57. The standard InChI is InChI=1S/C20H25NO3/c1-14-6-9-18(10-7-14)23-12-17(4)21-20(22)13-24-19-11-15(2)5-8-16(19)3/h5-11,17H,12-13H2,1-4H3,(H,21,22)/t17-/m1/s1. The molecule has 0 fully saturated rings. The minimum atomic E-state index is -0.157. The molecule has 24 heavy (non-hydrogen) atoms. The van der Waals surface area contributed by atoms with Gasteiger partial charge in [0.25, 0.3) is 5.91 Å². The minimum absolute atomic E-state index is 0.000828. The van der Waals surface area contributed by atoms with Crippen molar-refractivity contribution in [2.45, 2.75) is 33.7 Å². The average molecular weight is 327 g/mol. The summed E-state index contributed by atoms with van der Waals surface area (Å²) in [7, 11) is 0. The van der Waals surface area contributed by atoms with Gasteiger partial charge in [0.05, 0.1) is 6.04 Å². The van der Waals surface area contributed by atoms with Gasteiger partial charge in [-0.05, 0) is 57.0 Å². The molecule has 1 amide bonds. The number of benzene rings is 2. The van der Waals surface area contributed by atoms with Crippen molar-refractivity contribution in [2.24, 2.45) is 0 Å². The van der Waals surface area contributed by atoms with Crippen molar-refractivity contribution in [1.82, 2.24) is 5.32 Å². The van der Waals surface area contributed by atoms with Gasteiger partial charge in [-0.1, -0.05) is 29.8 Å². The van der Waals surface area contributed by atoms with E-state index < -0.39 is 0 Å². The molecule has 1 N–H and O–H groups in total. The molecule has 0 heterocycles. The Balaban J connectivity index is 1.75. The highest BCUT2D eigenvalue weighted by Crippen LogP contribution is 2.18. The van der Waals surface area contributed by atoms with Gasteiger partial charge in [-0.2, -0.15) is 0 Å². The molecule has 0 aliphatic carbocycles. The summed E-state index contributed by atoms with van der Waals surface area (Å²) >= 11 is 0. The zero-order valence-corrected chi connectivity index (χ0v) is 14.8. The van der Waals surface area contributed by atoms with Crippen LogP contribution in [0.1, 0.15) is 23.6 Å². The summed E-state index contributed by atoms with van der Waals surface area (Å²) in [4.78, 5) is 12.0. The van der Waals surface area contributed by atoms with Gasteiger partial charge in [0.2, 0.25) is 0 Å². The van der Waals surface area contributed by atoms with Gasteiger partial charge in [-0.15, -0.1) is 0 Å². The first kappa shape index (κ1) is 17.9. The number of aryl methyl sites for hydroxylation is 3. The van der Waals surface area contributed by atoms with Gasteiger partial charge in [0.1, 0.15) is 18.1 Å². The molecule has 0 bridgehead atoms. The van der Waals surface area contributed by atoms with Crippen molar-refractivity contribution < 1.29 is 14.3 Å². The number of carbonyl (C=O) groups excluding carboxylic acids is 1. The van der Waals surface area contributed by atoms with E-state index in [2.05, 4.69) is 5.32 Å². The van der Waals surface area contributed by atoms with Gasteiger partial charge in [-0.3, -0.25) is 4.79 Å². The Morgan fingerprint density at radius 1 is 1.00 bits per heavy atom. The van der Waals surface area contributed by atoms with E-state index in [0.717, 1.165) is 22.6 Å². The quantitative estimate of drug-likeness (QED) is 0.845. The predicted molar refractivity (Wildman–Crippen MR) is 95.7 cm³/mol. The van der Waals surface area contributed by atoms with Gasteiger partial charge in [0, 0.05) is 0 Å². The van der Waals surface area contributed by atoms with Crippen molar-refractivity contribution >= 4 is 5.91 Å². The lowest BCUT2D eigenvalue weighted by atomic mass is 10.1. The Labute approximate surface area is 143 Å². The van der Waals surface area contributed by atoms with Crippen molar-refractivity contribution in [1.29, 1.82) is 0 Å². The third-order valence-corrected chi connectivity index (χ3v) is 3.63. The Hall–Kier alpha value is -2.49. The SMILES string of the molecule is Cc1ccc(OC[C@@H](C)NC(=O)COc2cc(C)ccc2C)cc1. The number of hydrogen-bond donors (Lipinski definition) is 1. The van der Waals surface area contributed by atoms with Crippen molar-refractivity contribution in [3.63, 3.8) is 0 Å². The second-order valence-electron chi connectivity index (χ2n) is 6.15. The summed E-state index contributed by atoms with van der Waals surface area (Å²) < 4.78 is 11.3. The maximum absolute atomic E-state index is 12.0. The molecule has 0 unspecified atom stereocenters. The van der Waals surface area contributed by atoms with E-state index in [0.29, 0.717) is 6.61 Å². The second kappa shape index (κ2) is 8.39. The summed E-state index contributed by atoms with van der Waals surface area (Å²) in [6.07, 6.45) is 0. The van der Waals surface area contributed by atoms with Crippen LogP contribution in [0.4, 0.5) is 0 Å². The molecule has 2 aromatic carbocycles. The number of rotatable bonds is 7. The Kier molecular flexibility index (Phi) is 6.24. The molecular formula is C20H25NO3. The highest BCUT2D eigenvalue weighted by Gasteiger charge is 2.10. The van der Waals surface area contributed by atoms with E-state index in [-0.39, 0.29) is 18.6 Å². The highest BCUT2D eigenvalue weighted by atomic mass is 16.5. The maximum atomic E-state index is 12.0. The number of amides is 1. The van der Waals surface area contributed by atoms with E-state index >= 15 is 0 Å². The molecule has 0 radical (unpaired) electrons. The van der Waals surface area contributed by atoms with E-state index in [1.165, 1.54) is 5.56 Å². The number of hydrogen-bond acceptors (Lipinski definition) is 3. The largest absolute Gasteiger partial charge is 0.491 e. The molecule has 0 spiro atoms. The molecule has 0 aliphatic heterocycles. The molecule has 2 aromatic rings. The van der Waals surface area contributed by atoms with Crippen LogP contribution >= 0.6 is 0 Å². The fraction of sp³-hybridized carbons (Fsp3) is 0.350. The topological polar surface area (TPSA) is 47.6 Å². The first-order valence-corrected chi connectivity index (χ1v) is 8.13. The Morgan fingerprint density at radius 3 is 2.38 bits per heavy atom. The summed E-state index contributed by atoms with van der Waals surface area (Å²) in [5, 5.41) is 2.88.